The summed E-state index contributed by atoms with van der Waals surface area (Å²) in [5, 5.41) is 3.59. The van der Waals surface area contributed by atoms with Crippen molar-refractivity contribution < 1.29 is 9.47 Å². The van der Waals surface area contributed by atoms with Gasteiger partial charge < -0.3 is 14.8 Å². The molecule has 1 spiro atoms. The Morgan fingerprint density at radius 3 is 2.55 bits per heavy atom. The molecular weight excluding hydrogens is 250 g/mol. The molecule has 20 heavy (non-hydrogen) atoms. The van der Waals surface area contributed by atoms with Crippen molar-refractivity contribution in [2.45, 2.75) is 58.5 Å². The third-order valence-corrected chi connectivity index (χ3v) is 4.78. The Morgan fingerprint density at radius 2 is 1.85 bits per heavy atom. The molecule has 0 radical (unpaired) electrons. The predicted octanol–water partition coefficient (Wildman–Crippen LogP) is 3.23. The largest absolute Gasteiger partial charge is 0.381 e. The summed E-state index contributed by atoms with van der Waals surface area (Å²) in [5.41, 5.74) is 0.159. The molecule has 2 rings (SSSR count). The van der Waals surface area contributed by atoms with Gasteiger partial charge >= 0.3 is 0 Å². The first-order chi connectivity index (χ1) is 9.60. The summed E-state index contributed by atoms with van der Waals surface area (Å²) in [7, 11) is 0. The second kappa shape index (κ2) is 7.77. The van der Waals surface area contributed by atoms with Gasteiger partial charge in [-0.15, -0.1) is 0 Å². The Morgan fingerprint density at radius 1 is 1.10 bits per heavy atom. The number of rotatable bonds is 6. The lowest BCUT2D eigenvalue weighted by Crippen LogP contribution is -2.44. The lowest BCUT2D eigenvalue weighted by Gasteiger charge is -2.44. The Bertz CT molecular complexity index is 269. The standard InChI is InChI=1S/C17H33NO2/c1-14(2)12-18-13-15(3)10-16-4-7-20-17(11-16)5-8-19-9-6-17/h14-16,18H,4-13H2,1-3H3. The molecule has 0 bridgehead atoms. The minimum absolute atomic E-state index is 0.159. The lowest BCUT2D eigenvalue weighted by atomic mass is 9.77. The van der Waals surface area contributed by atoms with Gasteiger partial charge in [0.1, 0.15) is 0 Å². The minimum atomic E-state index is 0.159. The van der Waals surface area contributed by atoms with E-state index in [4.69, 9.17) is 9.47 Å². The monoisotopic (exact) mass is 283 g/mol. The molecule has 118 valence electrons. The molecule has 0 aromatic carbocycles. The number of hydrogen-bond donors (Lipinski definition) is 1. The highest BCUT2D eigenvalue weighted by molar-refractivity contribution is 4.89. The Kier molecular flexibility index (Phi) is 6.31. The summed E-state index contributed by atoms with van der Waals surface area (Å²) in [6.07, 6.45) is 6.05. The molecule has 2 fully saturated rings. The Hall–Kier alpha value is -0.120. The van der Waals surface area contributed by atoms with E-state index in [-0.39, 0.29) is 5.60 Å². The lowest BCUT2D eigenvalue weighted by molar-refractivity contribution is -0.148. The third-order valence-electron chi connectivity index (χ3n) is 4.78. The highest BCUT2D eigenvalue weighted by atomic mass is 16.5. The van der Waals surface area contributed by atoms with Crippen molar-refractivity contribution in [1.82, 2.24) is 5.32 Å². The van der Waals surface area contributed by atoms with E-state index in [1.54, 1.807) is 0 Å². The van der Waals surface area contributed by atoms with Gasteiger partial charge in [-0.05, 0) is 62.9 Å². The zero-order valence-electron chi connectivity index (χ0n) is 13.6. The molecule has 2 aliphatic heterocycles. The van der Waals surface area contributed by atoms with Crippen LogP contribution in [0.3, 0.4) is 0 Å². The maximum atomic E-state index is 6.14. The zero-order valence-corrected chi connectivity index (χ0v) is 13.6. The molecule has 1 N–H and O–H groups in total. The summed E-state index contributed by atoms with van der Waals surface area (Å²) in [6, 6.07) is 0. The SMILES string of the molecule is CC(C)CNCC(C)CC1CCOC2(CCOCC2)C1. The first kappa shape index (κ1) is 16.3. The summed E-state index contributed by atoms with van der Waals surface area (Å²) in [5.74, 6) is 2.36. The van der Waals surface area contributed by atoms with E-state index < -0.39 is 0 Å². The fourth-order valence-electron chi connectivity index (χ4n) is 3.69. The number of nitrogens with one attached hydrogen (secondary N) is 1. The van der Waals surface area contributed by atoms with Gasteiger partial charge in [0.15, 0.2) is 0 Å². The molecule has 0 amide bonds. The topological polar surface area (TPSA) is 30.5 Å². The van der Waals surface area contributed by atoms with E-state index in [2.05, 4.69) is 26.1 Å². The highest BCUT2D eigenvalue weighted by Gasteiger charge is 2.39. The van der Waals surface area contributed by atoms with Crippen molar-refractivity contribution in [3.8, 4) is 0 Å². The molecular formula is C17H33NO2. The zero-order chi connectivity index (χ0) is 14.4. The number of ether oxygens (including phenoxy) is 2. The molecule has 0 aromatic heterocycles. The van der Waals surface area contributed by atoms with E-state index in [9.17, 15) is 0 Å². The van der Waals surface area contributed by atoms with Crippen LogP contribution >= 0.6 is 0 Å². The van der Waals surface area contributed by atoms with Crippen LogP contribution in [0.15, 0.2) is 0 Å². The van der Waals surface area contributed by atoms with Crippen molar-refractivity contribution in [2.75, 3.05) is 32.9 Å². The quantitative estimate of drug-likeness (QED) is 0.812. The first-order valence-electron chi connectivity index (χ1n) is 8.52. The summed E-state index contributed by atoms with van der Waals surface area (Å²) >= 11 is 0. The van der Waals surface area contributed by atoms with Crippen LogP contribution in [0.2, 0.25) is 0 Å². The average molecular weight is 283 g/mol. The first-order valence-corrected chi connectivity index (χ1v) is 8.52. The molecule has 2 aliphatic rings. The van der Waals surface area contributed by atoms with Crippen LogP contribution in [0, 0.1) is 17.8 Å². The van der Waals surface area contributed by atoms with E-state index in [0.29, 0.717) is 0 Å². The van der Waals surface area contributed by atoms with Crippen molar-refractivity contribution >= 4 is 0 Å². The molecule has 3 heteroatoms. The smallest absolute Gasteiger partial charge is 0.0729 e. The van der Waals surface area contributed by atoms with Gasteiger partial charge in [0, 0.05) is 19.8 Å². The average Bonchev–Trinajstić information content (AvgIpc) is 2.39. The van der Waals surface area contributed by atoms with Gasteiger partial charge in [0.05, 0.1) is 5.60 Å². The molecule has 2 atom stereocenters. The highest BCUT2D eigenvalue weighted by Crippen LogP contribution is 2.39. The maximum Gasteiger partial charge on any atom is 0.0729 e. The van der Waals surface area contributed by atoms with E-state index in [1.165, 1.54) is 19.3 Å². The molecule has 2 heterocycles. The summed E-state index contributed by atoms with van der Waals surface area (Å²) < 4.78 is 11.6. The van der Waals surface area contributed by atoms with Crippen molar-refractivity contribution in [1.29, 1.82) is 0 Å². The molecule has 2 unspecified atom stereocenters. The second-order valence-corrected chi connectivity index (χ2v) is 7.40. The van der Waals surface area contributed by atoms with Gasteiger partial charge in [-0.2, -0.15) is 0 Å². The van der Waals surface area contributed by atoms with Crippen LogP contribution in [0.4, 0.5) is 0 Å². The van der Waals surface area contributed by atoms with E-state index in [0.717, 1.165) is 63.5 Å². The molecule has 0 aliphatic carbocycles. The van der Waals surface area contributed by atoms with Crippen molar-refractivity contribution in [3.05, 3.63) is 0 Å². The van der Waals surface area contributed by atoms with Crippen LogP contribution in [-0.2, 0) is 9.47 Å². The second-order valence-electron chi connectivity index (χ2n) is 7.40. The minimum Gasteiger partial charge on any atom is -0.381 e. The Labute approximate surface area is 124 Å². The normalized spacial score (nSPS) is 27.9. The Balaban J connectivity index is 1.72. The fraction of sp³-hybridized carbons (Fsp3) is 1.00. The molecule has 0 aromatic rings. The van der Waals surface area contributed by atoms with Gasteiger partial charge in [-0.25, -0.2) is 0 Å². The van der Waals surface area contributed by atoms with Crippen molar-refractivity contribution in [3.63, 3.8) is 0 Å². The van der Waals surface area contributed by atoms with Crippen LogP contribution in [-0.4, -0.2) is 38.5 Å². The fourth-order valence-corrected chi connectivity index (χ4v) is 3.69. The van der Waals surface area contributed by atoms with Crippen LogP contribution in [0.5, 0.6) is 0 Å². The predicted molar refractivity (Wildman–Crippen MR) is 82.9 cm³/mol. The van der Waals surface area contributed by atoms with E-state index >= 15 is 0 Å². The summed E-state index contributed by atoms with van der Waals surface area (Å²) in [6.45, 7) is 12.0. The maximum absolute atomic E-state index is 6.14. The van der Waals surface area contributed by atoms with Crippen molar-refractivity contribution in [2.24, 2.45) is 17.8 Å². The van der Waals surface area contributed by atoms with E-state index in [1.807, 2.05) is 0 Å². The van der Waals surface area contributed by atoms with Gasteiger partial charge in [-0.3, -0.25) is 0 Å². The van der Waals surface area contributed by atoms with Crippen LogP contribution in [0.25, 0.3) is 0 Å². The number of hydrogen-bond acceptors (Lipinski definition) is 3. The molecule has 0 saturated carbocycles. The molecule has 3 nitrogen and oxygen atoms in total. The molecule has 2 saturated heterocycles. The van der Waals surface area contributed by atoms with Gasteiger partial charge in [0.2, 0.25) is 0 Å². The van der Waals surface area contributed by atoms with Gasteiger partial charge in [-0.1, -0.05) is 20.8 Å². The van der Waals surface area contributed by atoms with Gasteiger partial charge in [0.25, 0.3) is 0 Å². The summed E-state index contributed by atoms with van der Waals surface area (Å²) in [4.78, 5) is 0. The van der Waals surface area contributed by atoms with Crippen LogP contribution in [0.1, 0.15) is 52.9 Å². The third kappa shape index (κ3) is 5.01. The van der Waals surface area contributed by atoms with Crippen LogP contribution < -0.4 is 5.32 Å².